The number of aryl methyl sites for hydroxylation is 1. The number of hydrogen-bond donors (Lipinski definition) is 0. The summed E-state index contributed by atoms with van der Waals surface area (Å²) in [6.07, 6.45) is 1.22. The van der Waals surface area contributed by atoms with E-state index >= 15 is 0 Å². The number of carbonyl (C=O) groups excluding carboxylic acids is 1. The first kappa shape index (κ1) is 15.0. The number of methoxy groups -OCH3 is 1. The Morgan fingerprint density at radius 3 is 2.62 bits per heavy atom. The van der Waals surface area contributed by atoms with Crippen molar-refractivity contribution in [3.63, 3.8) is 0 Å². The van der Waals surface area contributed by atoms with Crippen molar-refractivity contribution in [1.29, 1.82) is 0 Å². The third-order valence-electron chi connectivity index (χ3n) is 3.10. The van der Waals surface area contributed by atoms with Gasteiger partial charge in [-0.15, -0.1) is 0 Å². The maximum atomic E-state index is 13.9. The molecule has 1 amide bonds. The topological polar surface area (TPSA) is 55.6 Å². The Balaban J connectivity index is 2.42. The van der Waals surface area contributed by atoms with Crippen molar-refractivity contribution in [2.75, 3.05) is 12.0 Å². The number of ether oxygens (including phenoxy) is 1. The van der Waals surface area contributed by atoms with E-state index in [1.807, 2.05) is 13.8 Å². The van der Waals surface area contributed by atoms with Crippen LogP contribution in [0.15, 0.2) is 29.0 Å². The second-order valence-electron chi connectivity index (χ2n) is 4.84. The molecule has 0 fully saturated rings. The molecule has 5 nitrogen and oxygen atoms in total. The van der Waals surface area contributed by atoms with Crippen LogP contribution in [-0.4, -0.2) is 24.0 Å². The molecule has 0 spiro atoms. The average Bonchev–Trinajstić information content (AvgIpc) is 2.85. The second kappa shape index (κ2) is 5.95. The number of halogens is 1. The van der Waals surface area contributed by atoms with Crippen molar-refractivity contribution >= 4 is 11.6 Å². The maximum absolute atomic E-state index is 13.9. The summed E-state index contributed by atoms with van der Waals surface area (Å²) in [5, 5.41) is 0. The number of rotatable bonds is 4. The van der Waals surface area contributed by atoms with E-state index in [1.165, 1.54) is 30.5 Å². The fraction of sp³-hybridized carbons (Fsp3) is 0.333. The first-order chi connectivity index (χ1) is 9.95. The molecule has 0 saturated carbocycles. The van der Waals surface area contributed by atoms with Crippen molar-refractivity contribution in [2.45, 2.75) is 26.8 Å². The van der Waals surface area contributed by atoms with E-state index in [2.05, 4.69) is 4.98 Å². The third-order valence-corrected chi connectivity index (χ3v) is 3.10. The largest absolute Gasteiger partial charge is 0.494 e. The van der Waals surface area contributed by atoms with E-state index in [4.69, 9.17) is 9.15 Å². The minimum atomic E-state index is -0.523. The fourth-order valence-electron chi connectivity index (χ4n) is 2.08. The number of benzene rings is 1. The molecule has 0 unspecified atom stereocenters. The van der Waals surface area contributed by atoms with Crippen LogP contribution in [-0.2, 0) is 0 Å². The molecule has 0 aliphatic heterocycles. The van der Waals surface area contributed by atoms with E-state index in [-0.39, 0.29) is 23.4 Å². The zero-order valence-corrected chi connectivity index (χ0v) is 12.4. The Morgan fingerprint density at radius 1 is 1.43 bits per heavy atom. The van der Waals surface area contributed by atoms with E-state index in [1.54, 1.807) is 13.0 Å². The van der Waals surface area contributed by atoms with Crippen molar-refractivity contribution < 1.29 is 18.3 Å². The normalized spacial score (nSPS) is 10.8. The lowest BCUT2D eigenvalue weighted by Gasteiger charge is -2.26. The average molecular weight is 292 g/mol. The first-order valence-electron chi connectivity index (χ1n) is 6.53. The van der Waals surface area contributed by atoms with E-state index in [9.17, 15) is 9.18 Å². The molecule has 0 radical (unpaired) electrons. The van der Waals surface area contributed by atoms with Gasteiger partial charge in [0.15, 0.2) is 23.7 Å². The summed E-state index contributed by atoms with van der Waals surface area (Å²) in [6, 6.07) is 4.23. The summed E-state index contributed by atoms with van der Waals surface area (Å²) in [6.45, 7) is 5.35. The number of oxazole rings is 1. The number of carbonyl (C=O) groups is 1. The molecule has 0 N–H and O–H groups in total. The predicted octanol–water partition coefficient (Wildman–Crippen LogP) is 3.19. The molecular weight excluding hydrogens is 275 g/mol. The van der Waals surface area contributed by atoms with Crippen LogP contribution in [0.5, 0.6) is 5.75 Å². The van der Waals surface area contributed by atoms with Gasteiger partial charge in [-0.2, -0.15) is 0 Å². The highest BCUT2D eigenvalue weighted by Crippen LogP contribution is 2.26. The summed E-state index contributed by atoms with van der Waals surface area (Å²) in [5.74, 6) is -0.293. The minimum absolute atomic E-state index is 0.132. The molecule has 1 heterocycles. The van der Waals surface area contributed by atoms with Gasteiger partial charge in [0, 0.05) is 17.8 Å². The number of anilines is 1. The van der Waals surface area contributed by atoms with Crippen LogP contribution in [0.1, 0.15) is 30.1 Å². The Hall–Kier alpha value is -2.37. The highest BCUT2D eigenvalue weighted by atomic mass is 19.1. The van der Waals surface area contributed by atoms with Crippen LogP contribution in [0.4, 0.5) is 10.1 Å². The SMILES string of the molecule is COc1ccc(N(C(=O)c2ncoc2C)C(C)C)cc1F. The monoisotopic (exact) mass is 292 g/mol. The van der Waals surface area contributed by atoms with Gasteiger partial charge in [0.1, 0.15) is 5.76 Å². The van der Waals surface area contributed by atoms with Crippen LogP contribution in [0.25, 0.3) is 0 Å². The molecule has 2 aromatic rings. The third kappa shape index (κ3) is 2.89. The smallest absolute Gasteiger partial charge is 0.280 e. The van der Waals surface area contributed by atoms with Gasteiger partial charge in [0.25, 0.3) is 5.91 Å². The lowest BCUT2D eigenvalue weighted by Crippen LogP contribution is -2.37. The Morgan fingerprint density at radius 2 is 2.14 bits per heavy atom. The van der Waals surface area contributed by atoms with Gasteiger partial charge in [0.2, 0.25) is 0 Å². The van der Waals surface area contributed by atoms with Gasteiger partial charge >= 0.3 is 0 Å². The van der Waals surface area contributed by atoms with Gasteiger partial charge < -0.3 is 14.1 Å². The molecule has 2 rings (SSSR count). The molecule has 6 heteroatoms. The van der Waals surface area contributed by atoms with Gasteiger partial charge in [-0.3, -0.25) is 4.79 Å². The molecule has 21 heavy (non-hydrogen) atoms. The number of hydrogen-bond acceptors (Lipinski definition) is 4. The van der Waals surface area contributed by atoms with Gasteiger partial charge in [0.05, 0.1) is 7.11 Å². The molecule has 0 aliphatic carbocycles. The molecule has 0 saturated heterocycles. The van der Waals surface area contributed by atoms with Crippen LogP contribution >= 0.6 is 0 Å². The second-order valence-corrected chi connectivity index (χ2v) is 4.84. The summed E-state index contributed by atoms with van der Waals surface area (Å²) < 4.78 is 23.8. The Labute approximate surface area is 122 Å². The van der Waals surface area contributed by atoms with Crippen molar-refractivity contribution in [1.82, 2.24) is 4.98 Å². The highest BCUT2D eigenvalue weighted by molar-refractivity contribution is 6.05. The van der Waals surface area contributed by atoms with Crippen LogP contribution in [0.3, 0.4) is 0 Å². The lowest BCUT2D eigenvalue weighted by molar-refractivity contribution is 0.0974. The highest BCUT2D eigenvalue weighted by Gasteiger charge is 2.25. The fourth-order valence-corrected chi connectivity index (χ4v) is 2.08. The summed E-state index contributed by atoms with van der Waals surface area (Å²) in [5.41, 5.74) is 0.663. The van der Waals surface area contributed by atoms with E-state index in [0.29, 0.717) is 11.4 Å². The molecule has 112 valence electrons. The van der Waals surface area contributed by atoms with Crippen LogP contribution in [0.2, 0.25) is 0 Å². The molecule has 0 bridgehead atoms. The van der Waals surface area contributed by atoms with Crippen molar-refractivity contribution in [2.24, 2.45) is 0 Å². The first-order valence-corrected chi connectivity index (χ1v) is 6.53. The van der Waals surface area contributed by atoms with Crippen LogP contribution < -0.4 is 9.64 Å². The van der Waals surface area contributed by atoms with Crippen LogP contribution in [0, 0.1) is 12.7 Å². The summed E-state index contributed by atoms with van der Waals surface area (Å²) in [4.78, 5) is 18.0. The molecular formula is C15H17FN2O3. The Bertz CT molecular complexity index is 652. The Kier molecular flexibility index (Phi) is 4.26. The quantitative estimate of drug-likeness (QED) is 0.868. The van der Waals surface area contributed by atoms with E-state index in [0.717, 1.165) is 0 Å². The van der Waals surface area contributed by atoms with Crippen molar-refractivity contribution in [3.05, 3.63) is 41.9 Å². The molecule has 1 aromatic heterocycles. The number of aromatic nitrogens is 1. The number of nitrogens with zero attached hydrogens (tertiary/aromatic N) is 2. The summed E-state index contributed by atoms with van der Waals surface area (Å²) >= 11 is 0. The zero-order valence-electron chi connectivity index (χ0n) is 12.4. The zero-order chi connectivity index (χ0) is 15.6. The van der Waals surface area contributed by atoms with Gasteiger partial charge in [-0.25, -0.2) is 9.37 Å². The minimum Gasteiger partial charge on any atom is -0.494 e. The standard InChI is InChI=1S/C15H17FN2O3/c1-9(2)18(15(19)14-10(3)21-8-17-14)11-5-6-13(20-4)12(16)7-11/h5-9H,1-4H3. The predicted molar refractivity (Wildman–Crippen MR) is 76.1 cm³/mol. The number of amides is 1. The van der Waals surface area contributed by atoms with Gasteiger partial charge in [-0.05, 0) is 32.9 Å². The van der Waals surface area contributed by atoms with Crippen molar-refractivity contribution in [3.8, 4) is 5.75 Å². The van der Waals surface area contributed by atoms with E-state index < -0.39 is 5.82 Å². The van der Waals surface area contributed by atoms with Gasteiger partial charge in [-0.1, -0.05) is 0 Å². The summed E-state index contributed by atoms with van der Waals surface area (Å²) in [7, 11) is 1.39. The molecule has 0 atom stereocenters. The molecule has 1 aromatic carbocycles. The maximum Gasteiger partial charge on any atom is 0.280 e. The lowest BCUT2D eigenvalue weighted by atomic mass is 10.2. The molecule has 0 aliphatic rings.